The van der Waals surface area contributed by atoms with Gasteiger partial charge >= 0.3 is 0 Å². The van der Waals surface area contributed by atoms with Crippen LogP contribution < -0.4 is 10.6 Å². The maximum atomic E-state index is 12.9. The maximum Gasteiger partial charge on any atom is 0.293 e. The first kappa shape index (κ1) is 23.6. The third-order valence-electron chi connectivity index (χ3n) is 6.01. The summed E-state index contributed by atoms with van der Waals surface area (Å²) in [5.41, 5.74) is 4.10. The Labute approximate surface area is 208 Å². The molecule has 1 aliphatic rings. The average molecular weight is 488 g/mol. The predicted molar refractivity (Wildman–Crippen MR) is 133 cm³/mol. The summed E-state index contributed by atoms with van der Waals surface area (Å²) in [4.78, 5) is 30.9. The lowest BCUT2D eigenvalue weighted by Crippen LogP contribution is -2.30. The van der Waals surface area contributed by atoms with Crippen LogP contribution in [0.25, 0.3) is 11.3 Å². The van der Waals surface area contributed by atoms with Crippen LogP contribution in [0.5, 0.6) is 0 Å². The zero-order chi connectivity index (χ0) is 25.3. The third-order valence-corrected chi connectivity index (χ3v) is 6.01. The second kappa shape index (κ2) is 9.48. The number of hydrogen-bond donors (Lipinski definition) is 2. The molecule has 0 radical (unpaired) electrons. The molecule has 4 aromatic rings. The fraction of sp³-hybridized carbons (Fsp3) is 0.400. The molecular formula is C25H29N9O2. The molecule has 0 unspecified atom stereocenters. The predicted octanol–water partition coefficient (Wildman–Crippen LogP) is 3.89. The van der Waals surface area contributed by atoms with Crippen LogP contribution in [-0.4, -0.2) is 40.8 Å². The van der Waals surface area contributed by atoms with Gasteiger partial charge in [-0.3, -0.25) is 14.5 Å². The molecule has 1 amide bonds. The van der Waals surface area contributed by atoms with Crippen LogP contribution in [0.4, 0.5) is 11.6 Å². The number of carbonyl (C=O) groups is 1. The van der Waals surface area contributed by atoms with Crippen molar-refractivity contribution in [3.63, 3.8) is 0 Å². The number of rotatable bonds is 5. The van der Waals surface area contributed by atoms with E-state index < -0.39 is 0 Å². The van der Waals surface area contributed by atoms with Crippen molar-refractivity contribution < 1.29 is 9.32 Å². The van der Waals surface area contributed by atoms with E-state index >= 15 is 0 Å². The normalized spacial score (nSPS) is 15.7. The summed E-state index contributed by atoms with van der Waals surface area (Å²) in [6.45, 7) is 5.88. The second-order valence-corrected chi connectivity index (χ2v) is 10.0. The third kappa shape index (κ3) is 5.09. The molecule has 0 saturated heterocycles. The molecular weight excluding hydrogens is 458 g/mol. The number of hydrogen-bond acceptors (Lipinski definition) is 9. The van der Waals surface area contributed by atoms with E-state index in [2.05, 4.69) is 41.9 Å². The van der Waals surface area contributed by atoms with Gasteiger partial charge in [0, 0.05) is 36.6 Å². The molecule has 0 saturated carbocycles. The number of fused-ring (bicyclic) bond motifs is 1. The van der Waals surface area contributed by atoms with Crippen LogP contribution in [0.2, 0.25) is 0 Å². The summed E-state index contributed by atoms with van der Waals surface area (Å²) in [6.07, 6.45) is 10.7. The lowest BCUT2D eigenvalue weighted by Gasteiger charge is -2.18. The van der Waals surface area contributed by atoms with E-state index in [1.165, 1.54) is 0 Å². The van der Waals surface area contributed by atoms with Crippen molar-refractivity contribution in [2.75, 3.05) is 5.32 Å². The van der Waals surface area contributed by atoms with Gasteiger partial charge in [0.05, 0.1) is 29.3 Å². The summed E-state index contributed by atoms with van der Waals surface area (Å²) in [5.74, 6) is 0.589. The van der Waals surface area contributed by atoms with E-state index in [-0.39, 0.29) is 23.2 Å². The zero-order valence-electron chi connectivity index (χ0n) is 20.8. The van der Waals surface area contributed by atoms with Crippen LogP contribution in [-0.2, 0) is 18.9 Å². The first-order valence-electron chi connectivity index (χ1n) is 12.0. The monoisotopic (exact) mass is 487 g/mol. The summed E-state index contributed by atoms with van der Waals surface area (Å²) < 4.78 is 7.00. The Kier molecular flexibility index (Phi) is 6.21. The van der Waals surface area contributed by atoms with Gasteiger partial charge in [0.1, 0.15) is 0 Å². The number of aryl methyl sites for hydroxylation is 2. The number of pyridine rings is 1. The van der Waals surface area contributed by atoms with Crippen LogP contribution in [0.1, 0.15) is 73.8 Å². The number of anilines is 2. The van der Waals surface area contributed by atoms with Crippen molar-refractivity contribution in [3.05, 3.63) is 59.9 Å². The molecule has 11 nitrogen and oxygen atoms in total. The first-order chi connectivity index (χ1) is 17.3. The van der Waals surface area contributed by atoms with Gasteiger partial charge in [0.15, 0.2) is 0 Å². The molecule has 5 rings (SSSR count). The number of carbonyl (C=O) groups excluding carboxylic acids is 1. The number of aromatic nitrogens is 7. The van der Waals surface area contributed by atoms with Crippen molar-refractivity contribution >= 4 is 17.5 Å². The number of nitrogens with one attached hydrogen (secondary N) is 2. The largest absolute Gasteiger partial charge is 0.341 e. The number of amides is 1. The Hall–Kier alpha value is -4.15. The Morgan fingerprint density at radius 3 is 2.78 bits per heavy atom. The van der Waals surface area contributed by atoms with Crippen molar-refractivity contribution in [3.8, 4) is 11.3 Å². The van der Waals surface area contributed by atoms with Gasteiger partial charge in [0.2, 0.25) is 11.8 Å². The van der Waals surface area contributed by atoms with E-state index in [0.29, 0.717) is 11.8 Å². The Balaban J connectivity index is 1.36. The molecule has 1 atom stereocenters. The molecule has 0 bridgehead atoms. The van der Waals surface area contributed by atoms with Crippen molar-refractivity contribution in [1.82, 2.24) is 40.2 Å². The van der Waals surface area contributed by atoms with Crippen molar-refractivity contribution in [1.29, 1.82) is 0 Å². The summed E-state index contributed by atoms with van der Waals surface area (Å²) in [7, 11) is 1.85. The van der Waals surface area contributed by atoms with Crippen LogP contribution in [0.3, 0.4) is 0 Å². The Morgan fingerprint density at radius 2 is 2.03 bits per heavy atom. The summed E-state index contributed by atoms with van der Waals surface area (Å²) >= 11 is 0. The van der Waals surface area contributed by atoms with Gasteiger partial charge < -0.3 is 15.2 Å². The van der Waals surface area contributed by atoms with Gasteiger partial charge in [0.25, 0.3) is 11.7 Å². The molecule has 2 N–H and O–H groups in total. The first-order valence-corrected chi connectivity index (χ1v) is 12.0. The van der Waals surface area contributed by atoms with Crippen molar-refractivity contribution in [2.24, 2.45) is 7.05 Å². The van der Waals surface area contributed by atoms with Crippen LogP contribution in [0, 0.1) is 0 Å². The minimum absolute atomic E-state index is 0.0389. The van der Waals surface area contributed by atoms with Gasteiger partial charge in [-0.15, -0.1) is 0 Å². The molecule has 186 valence electrons. The smallest absolute Gasteiger partial charge is 0.293 e. The molecule has 0 fully saturated rings. The van der Waals surface area contributed by atoms with Crippen LogP contribution in [0.15, 0.2) is 41.4 Å². The lowest BCUT2D eigenvalue weighted by atomic mass is 9.97. The summed E-state index contributed by atoms with van der Waals surface area (Å²) in [5, 5.41) is 14.3. The van der Waals surface area contributed by atoms with Gasteiger partial charge in [-0.25, -0.2) is 9.97 Å². The molecule has 0 aliphatic heterocycles. The standard InChI is InChI=1S/C25H29N9O2/c1-25(2,3)23-32-21(33-36-23)22(35)30-19-8-6-5-7-15-11-16(12-27-20(15)19)18-9-10-26-24(31-18)29-17-13-28-34(4)14-17/h9-14,19H,5-8H2,1-4H3,(H,30,35)(H,26,29,31)/t19-/m1/s1. The quantitative estimate of drug-likeness (QED) is 0.402. The zero-order valence-corrected chi connectivity index (χ0v) is 20.8. The van der Waals surface area contributed by atoms with Gasteiger partial charge in [-0.2, -0.15) is 10.1 Å². The van der Waals surface area contributed by atoms with Gasteiger partial charge in [-0.1, -0.05) is 32.3 Å². The highest BCUT2D eigenvalue weighted by atomic mass is 16.5. The molecule has 1 aliphatic carbocycles. The lowest BCUT2D eigenvalue weighted by molar-refractivity contribution is 0.0920. The second-order valence-electron chi connectivity index (χ2n) is 10.0. The minimum atomic E-state index is -0.361. The summed E-state index contributed by atoms with van der Waals surface area (Å²) in [6, 6.07) is 3.74. The fourth-order valence-corrected chi connectivity index (χ4v) is 4.15. The average Bonchev–Trinajstić information content (AvgIpc) is 3.46. The maximum absolute atomic E-state index is 12.9. The molecule has 0 spiro atoms. The fourth-order valence-electron chi connectivity index (χ4n) is 4.15. The SMILES string of the molecule is Cn1cc(Nc2nccc(-c3cnc4c(c3)CCCC[C@H]4NC(=O)c3noc(C(C)(C)C)n3)n2)cn1. The van der Waals surface area contributed by atoms with E-state index in [9.17, 15) is 4.79 Å². The van der Waals surface area contributed by atoms with Crippen molar-refractivity contribution in [2.45, 2.75) is 57.9 Å². The van der Waals surface area contributed by atoms with Crippen LogP contribution >= 0.6 is 0 Å². The highest BCUT2D eigenvalue weighted by molar-refractivity contribution is 5.90. The highest BCUT2D eigenvalue weighted by Crippen LogP contribution is 2.30. The Morgan fingerprint density at radius 1 is 1.17 bits per heavy atom. The van der Waals surface area contributed by atoms with E-state index in [0.717, 1.165) is 53.9 Å². The topological polar surface area (TPSA) is 137 Å². The molecule has 36 heavy (non-hydrogen) atoms. The molecule has 4 aromatic heterocycles. The molecule has 4 heterocycles. The molecule has 11 heteroatoms. The highest BCUT2D eigenvalue weighted by Gasteiger charge is 2.27. The number of nitrogens with zero attached hydrogens (tertiary/aromatic N) is 7. The van der Waals surface area contributed by atoms with E-state index in [1.54, 1.807) is 23.3 Å². The Bertz CT molecular complexity index is 1390. The minimum Gasteiger partial charge on any atom is -0.341 e. The van der Waals surface area contributed by atoms with Gasteiger partial charge in [-0.05, 0) is 37.0 Å². The van der Waals surface area contributed by atoms with E-state index in [4.69, 9.17) is 9.51 Å². The van der Waals surface area contributed by atoms with E-state index in [1.807, 2.05) is 40.1 Å². The molecule has 0 aromatic carbocycles.